The Labute approximate surface area is 519 Å². The molecule has 1 heterocycles. The Morgan fingerprint density at radius 1 is 0.494 bits per heavy atom. The smallest absolute Gasteiger partial charge is 0.246 e. The first-order valence-corrected chi connectivity index (χ1v) is 31.0. The van der Waals surface area contributed by atoms with Gasteiger partial charge in [-0.15, -0.1) is 0 Å². The zero-order valence-electron chi connectivity index (χ0n) is 56.8. The van der Waals surface area contributed by atoms with E-state index >= 15 is 9.59 Å². The summed E-state index contributed by atoms with van der Waals surface area (Å²) in [6, 6.07) is -12.5. The highest BCUT2D eigenvalue weighted by molar-refractivity contribution is 5.99. The summed E-state index contributed by atoms with van der Waals surface area (Å²) in [6.07, 6.45) is -0.707. The van der Waals surface area contributed by atoms with Crippen molar-refractivity contribution >= 4 is 65.0 Å². The number of nitrogens with one attached hydrogen (secondary N) is 4. The van der Waals surface area contributed by atoms with Crippen molar-refractivity contribution in [3.8, 4) is 0 Å². The SMILES string of the molecule is CC[C@@H]1NC(=O)[C@H](C[C@H](C)CC(O)CCO)N(C)C(=O)[C@H](C(C)C)N(C)C(=O)[C@H](CC(C)C)N(C)C(=O)[C@H](CC(C)C)N(C)C(=O)[C@@H](C)NC(=O)[C@H](C)NC(=O)[C@H](CC(C)C)N(C)C(=O)[C@H](C(C)C)NC(=O)[C@H](CC(C)(C)O)N(C)C(=O)CN(C)C1=O. The van der Waals surface area contributed by atoms with Gasteiger partial charge in [-0.3, -0.25) is 52.7 Å². The predicted molar refractivity (Wildman–Crippen MR) is 331 cm³/mol. The van der Waals surface area contributed by atoms with Gasteiger partial charge in [-0.05, 0) is 108 Å². The summed E-state index contributed by atoms with van der Waals surface area (Å²) in [5, 5.41) is 42.3. The number of aliphatic hydroxyl groups excluding tert-OH is 2. The van der Waals surface area contributed by atoms with Gasteiger partial charge >= 0.3 is 0 Å². The molecule has 87 heavy (non-hydrogen) atoms. The van der Waals surface area contributed by atoms with Crippen LogP contribution in [0.25, 0.3) is 0 Å². The number of likely N-dealkylation sites (N-methyl/N-ethyl adjacent to an activating group) is 7. The van der Waals surface area contributed by atoms with E-state index in [4.69, 9.17) is 0 Å². The second-order valence-corrected chi connectivity index (χ2v) is 27.0. The highest BCUT2D eigenvalue weighted by Gasteiger charge is 2.44. The van der Waals surface area contributed by atoms with Crippen LogP contribution in [0, 0.1) is 35.5 Å². The van der Waals surface area contributed by atoms with Gasteiger partial charge in [0.15, 0.2) is 0 Å². The van der Waals surface area contributed by atoms with E-state index in [-0.39, 0.29) is 75.7 Å². The molecule has 1 unspecified atom stereocenters. The molecule has 0 aromatic carbocycles. The van der Waals surface area contributed by atoms with E-state index in [9.17, 15) is 58.5 Å². The number of hydrogen-bond acceptors (Lipinski definition) is 14. The number of nitrogens with zero attached hydrogens (tertiary/aromatic N) is 7. The Kier molecular flexibility index (Phi) is 32.1. The first-order chi connectivity index (χ1) is 40.0. The summed E-state index contributed by atoms with van der Waals surface area (Å²) in [5.74, 6) is -9.79. The Hall–Kier alpha value is -5.95. The molecule has 0 bridgehead atoms. The third kappa shape index (κ3) is 23.5. The summed E-state index contributed by atoms with van der Waals surface area (Å²) >= 11 is 0. The number of amides is 11. The van der Waals surface area contributed by atoms with Gasteiger partial charge in [0, 0.05) is 62.4 Å². The summed E-state index contributed by atoms with van der Waals surface area (Å²) in [7, 11) is 9.78. The molecule has 1 rings (SSSR count). The molecular weight excluding hydrogens is 1120 g/mol. The standard InChI is InChI=1S/C62H113N11O14/c1-24-43-57(82)67(17)33-49(76)68(18)48(32-62(15,16)87)55(80)66-50(37(8)9)60(85)69(19)44(27-34(2)3)53(78)63-40(13)52(77)64-41(14)56(81)71(21)46(28-35(4)5)58(83)72(22)47(29-36(6)7)59(84)73(23)51(38(10)11)61(86)70(20)45(54(79)65-43)31-39(12)30-42(75)25-26-74/h34-48,50-51,74-75,87H,24-33H2,1-23H3,(H,63,78)(H,64,77)(H,65,79)(H,66,80)/t39-,40+,41-,42?,43+,44+,45+,46+,47+,48+,50+,51+/m1/s1. The second-order valence-electron chi connectivity index (χ2n) is 27.0. The van der Waals surface area contributed by atoms with Crippen molar-refractivity contribution in [2.75, 3.05) is 62.5 Å². The first-order valence-electron chi connectivity index (χ1n) is 31.0. The molecule has 0 aliphatic carbocycles. The van der Waals surface area contributed by atoms with Crippen LogP contribution < -0.4 is 21.3 Å². The lowest BCUT2D eigenvalue weighted by Crippen LogP contribution is -2.61. The fraction of sp³-hybridized carbons (Fsp3) is 0.823. The van der Waals surface area contributed by atoms with Gasteiger partial charge in [0.1, 0.15) is 60.4 Å². The van der Waals surface area contributed by atoms with Crippen LogP contribution in [-0.2, 0) is 52.7 Å². The van der Waals surface area contributed by atoms with E-state index in [2.05, 4.69) is 21.3 Å². The number of carbonyl (C=O) groups excluding carboxylic acids is 11. The first kappa shape index (κ1) is 79.1. The minimum atomic E-state index is -1.55. The molecular formula is C62H113N11O14. The van der Waals surface area contributed by atoms with Crippen LogP contribution in [0.4, 0.5) is 0 Å². The van der Waals surface area contributed by atoms with E-state index in [1.165, 1.54) is 102 Å². The van der Waals surface area contributed by atoms with Crippen molar-refractivity contribution in [2.24, 2.45) is 35.5 Å². The fourth-order valence-electron chi connectivity index (χ4n) is 11.0. The minimum Gasteiger partial charge on any atom is -0.396 e. The summed E-state index contributed by atoms with van der Waals surface area (Å²) in [6.45, 7) is 26.1. The van der Waals surface area contributed by atoms with Gasteiger partial charge in [0.2, 0.25) is 65.0 Å². The zero-order valence-corrected chi connectivity index (χ0v) is 56.8. The summed E-state index contributed by atoms with van der Waals surface area (Å²) in [5.41, 5.74) is -1.55. The van der Waals surface area contributed by atoms with Crippen LogP contribution in [-0.4, -0.2) is 249 Å². The van der Waals surface area contributed by atoms with Crippen LogP contribution in [0.5, 0.6) is 0 Å². The molecule has 1 aliphatic heterocycles. The highest BCUT2D eigenvalue weighted by atomic mass is 16.3. The average molecular weight is 1240 g/mol. The van der Waals surface area contributed by atoms with Gasteiger partial charge in [0.05, 0.1) is 18.2 Å². The zero-order chi connectivity index (χ0) is 67.6. The average Bonchev–Trinajstić information content (AvgIpc) is 1.30. The largest absolute Gasteiger partial charge is 0.396 e. The number of hydrogen-bond donors (Lipinski definition) is 7. The highest BCUT2D eigenvalue weighted by Crippen LogP contribution is 2.26. The predicted octanol–water partition coefficient (Wildman–Crippen LogP) is 1.58. The van der Waals surface area contributed by atoms with Crippen molar-refractivity contribution in [2.45, 2.75) is 234 Å². The fourth-order valence-corrected chi connectivity index (χ4v) is 11.0. The molecule has 12 atom stereocenters. The van der Waals surface area contributed by atoms with Crippen LogP contribution in [0.3, 0.4) is 0 Å². The van der Waals surface area contributed by atoms with Gasteiger partial charge in [-0.25, -0.2) is 0 Å². The van der Waals surface area contributed by atoms with Crippen LogP contribution >= 0.6 is 0 Å². The Morgan fingerprint density at radius 2 is 0.920 bits per heavy atom. The monoisotopic (exact) mass is 1240 g/mol. The van der Waals surface area contributed by atoms with Gasteiger partial charge in [0.25, 0.3) is 0 Å². The van der Waals surface area contributed by atoms with Crippen LogP contribution in [0.1, 0.15) is 162 Å². The van der Waals surface area contributed by atoms with E-state index in [1.807, 2.05) is 41.5 Å². The maximum atomic E-state index is 15.1. The Bertz CT molecular complexity index is 2340. The molecule has 1 saturated heterocycles. The van der Waals surface area contributed by atoms with Crippen molar-refractivity contribution < 1.29 is 68.1 Å². The van der Waals surface area contributed by atoms with Gasteiger partial charge < -0.3 is 70.9 Å². The second kappa shape index (κ2) is 35.3. The molecule has 0 saturated carbocycles. The molecule has 500 valence electrons. The normalized spacial score (nSPS) is 26.6. The lowest BCUT2D eigenvalue weighted by Gasteiger charge is -2.41. The van der Waals surface area contributed by atoms with E-state index in [0.717, 1.165) is 9.80 Å². The van der Waals surface area contributed by atoms with Gasteiger partial charge in [-0.1, -0.05) is 83.1 Å². The molecule has 0 radical (unpaired) electrons. The molecule has 1 aliphatic rings. The molecule has 11 amide bonds. The van der Waals surface area contributed by atoms with E-state index in [1.54, 1.807) is 41.5 Å². The minimum absolute atomic E-state index is 0.0148. The maximum Gasteiger partial charge on any atom is 0.246 e. The summed E-state index contributed by atoms with van der Waals surface area (Å²) < 4.78 is 0. The Morgan fingerprint density at radius 3 is 1.38 bits per heavy atom. The molecule has 0 aromatic heterocycles. The number of rotatable bonds is 17. The van der Waals surface area contributed by atoms with E-state index < -0.39 is 161 Å². The maximum absolute atomic E-state index is 15.1. The van der Waals surface area contributed by atoms with E-state index in [0.29, 0.717) is 0 Å². The summed E-state index contributed by atoms with van der Waals surface area (Å²) in [4.78, 5) is 169. The van der Waals surface area contributed by atoms with Crippen LogP contribution in [0.2, 0.25) is 0 Å². The Balaban J connectivity index is 4.33. The topological polar surface area (TPSA) is 319 Å². The van der Waals surface area contributed by atoms with Crippen molar-refractivity contribution in [1.82, 2.24) is 55.6 Å². The lowest BCUT2D eigenvalue weighted by atomic mass is 9.92. The van der Waals surface area contributed by atoms with Crippen molar-refractivity contribution in [3.05, 3.63) is 0 Å². The quantitative estimate of drug-likeness (QED) is 0.109. The third-order valence-electron chi connectivity index (χ3n) is 16.3. The van der Waals surface area contributed by atoms with Crippen molar-refractivity contribution in [1.29, 1.82) is 0 Å². The molecule has 0 aromatic rings. The van der Waals surface area contributed by atoms with Crippen molar-refractivity contribution in [3.63, 3.8) is 0 Å². The molecule has 25 heteroatoms. The molecule has 0 spiro atoms. The molecule has 1 fully saturated rings. The number of aliphatic hydroxyl groups is 3. The molecule has 25 nitrogen and oxygen atoms in total. The molecule has 7 N–H and O–H groups in total. The third-order valence-corrected chi connectivity index (χ3v) is 16.3. The lowest BCUT2D eigenvalue weighted by molar-refractivity contribution is -0.156. The van der Waals surface area contributed by atoms with Gasteiger partial charge in [-0.2, -0.15) is 0 Å². The van der Waals surface area contributed by atoms with Crippen LogP contribution in [0.15, 0.2) is 0 Å². The number of carbonyl (C=O) groups is 11.